The molecule has 9 nitrogen and oxygen atoms in total. The number of nitrogens with zero attached hydrogens (tertiary/aromatic N) is 4. The van der Waals surface area contributed by atoms with Gasteiger partial charge in [0.15, 0.2) is 0 Å². The summed E-state index contributed by atoms with van der Waals surface area (Å²) in [6.45, 7) is 3.92. The van der Waals surface area contributed by atoms with Crippen molar-refractivity contribution in [2.24, 2.45) is 5.10 Å². The van der Waals surface area contributed by atoms with E-state index in [0.29, 0.717) is 0 Å². The molecule has 0 aliphatic rings. The number of hydrogen-bond acceptors (Lipinski definition) is 6. The molecule has 2 aromatic carbocycles. The monoisotopic (exact) mass is 457 g/mol. The molecule has 0 radical (unpaired) electrons. The van der Waals surface area contributed by atoms with Crippen molar-refractivity contribution >= 4 is 39.2 Å². The largest absolute Gasteiger partial charge is 0.317 e. The second-order valence-corrected chi connectivity index (χ2v) is 7.05. The first kappa shape index (κ1) is 20.2. The summed E-state index contributed by atoms with van der Waals surface area (Å²) in [7, 11) is 0. The molecular formula is C19H16BrN5O4. The number of hydrazone groups is 1. The first-order valence-corrected chi connectivity index (χ1v) is 9.24. The normalized spacial score (nSPS) is 11.0. The summed E-state index contributed by atoms with van der Waals surface area (Å²) >= 11 is 3.55. The highest BCUT2D eigenvalue weighted by atomic mass is 79.9. The third kappa shape index (κ3) is 4.16. The van der Waals surface area contributed by atoms with E-state index in [0.717, 1.165) is 33.2 Å². The van der Waals surface area contributed by atoms with Gasteiger partial charge in [-0.15, -0.1) is 0 Å². The van der Waals surface area contributed by atoms with Gasteiger partial charge in [0.25, 0.3) is 5.69 Å². The van der Waals surface area contributed by atoms with Crippen LogP contribution in [0.3, 0.4) is 0 Å². The minimum absolute atomic E-state index is 0.0662. The van der Waals surface area contributed by atoms with E-state index in [4.69, 9.17) is 0 Å². The number of benzene rings is 2. The molecule has 0 aliphatic carbocycles. The molecule has 1 heterocycles. The van der Waals surface area contributed by atoms with Crippen LogP contribution in [0.25, 0.3) is 5.69 Å². The van der Waals surface area contributed by atoms with Crippen LogP contribution in [0.2, 0.25) is 0 Å². The number of nitrogens with one attached hydrogen (secondary N) is 1. The van der Waals surface area contributed by atoms with Crippen LogP contribution in [0.1, 0.15) is 17.0 Å². The lowest BCUT2D eigenvalue weighted by atomic mass is 10.2. The van der Waals surface area contributed by atoms with Crippen LogP contribution >= 0.6 is 15.9 Å². The van der Waals surface area contributed by atoms with E-state index in [2.05, 4.69) is 31.0 Å². The highest BCUT2D eigenvalue weighted by molar-refractivity contribution is 9.10. The summed E-state index contributed by atoms with van der Waals surface area (Å²) in [5, 5.41) is 26.1. The standard InChI is InChI=1S/C19H16BrN5O4/c1-12-9-14(13(2)23(12)18-6-4-3-5-16(18)20)11-21-22-17-8-7-15(24(26)27)10-19(17)25(28)29/h3-11,22H,1-2H3/b21-11+. The molecular weight excluding hydrogens is 442 g/mol. The van der Waals surface area contributed by atoms with E-state index >= 15 is 0 Å². The summed E-state index contributed by atoms with van der Waals surface area (Å²) in [6, 6.07) is 13.1. The molecule has 0 unspecified atom stereocenters. The van der Waals surface area contributed by atoms with Gasteiger partial charge in [-0.25, -0.2) is 0 Å². The van der Waals surface area contributed by atoms with Gasteiger partial charge in [0, 0.05) is 27.5 Å². The van der Waals surface area contributed by atoms with Crippen LogP contribution in [0.5, 0.6) is 0 Å². The Morgan fingerprint density at radius 2 is 1.79 bits per heavy atom. The third-order valence-electron chi connectivity index (χ3n) is 4.34. The van der Waals surface area contributed by atoms with Crippen molar-refractivity contribution in [3.05, 3.63) is 90.2 Å². The van der Waals surface area contributed by atoms with Gasteiger partial charge in [-0.3, -0.25) is 25.7 Å². The van der Waals surface area contributed by atoms with Crippen molar-refractivity contribution in [3.8, 4) is 5.69 Å². The Kier molecular flexibility index (Phi) is 5.74. The van der Waals surface area contributed by atoms with Crippen molar-refractivity contribution in [1.82, 2.24) is 4.57 Å². The molecule has 0 atom stereocenters. The Labute approximate surface area is 174 Å². The Morgan fingerprint density at radius 3 is 2.45 bits per heavy atom. The molecule has 1 aromatic heterocycles. The zero-order chi connectivity index (χ0) is 21.1. The maximum Gasteiger partial charge on any atom is 0.301 e. The highest BCUT2D eigenvalue weighted by Gasteiger charge is 2.19. The second kappa shape index (κ2) is 8.23. The summed E-state index contributed by atoms with van der Waals surface area (Å²) in [4.78, 5) is 20.7. The minimum Gasteiger partial charge on any atom is -0.317 e. The first-order chi connectivity index (χ1) is 13.8. The number of nitro benzene ring substituents is 2. The van der Waals surface area contributed by atoms with E-state index in [9.17, 15) is 20.2 Å². The van der Waals surface area contributed by atoms with E-state index in [1.54, 1.807) is 6.21 Å². The zero-order valence-electron chi connectivity index (χ0n) is 15.5. The molecule has 1 N–H and O–H groups in total. The van der Waals surface area contributed by atoms with E-state index in [-0.39, 0.29) is 11.4 Å². The fourth-order valence-electron chi connectivity index (χ4n) is 2.97. The van der Waals surface area contributed by atoms with Gasteiger partial charge < -0.3 is 4.57 Å². The molecule has 0 saturated carbocycles. The molecule has 0 bridgehead atoms. The van der Waals surface area contributed by atoms with Crippen molar-refractivity contribution in [1.29, 1.82) is 0 Å². The second-order valence-electron chi connectivity index (χ2n) is 6.20. The van der Waals surface area contributed by atoms with Crippen molar-refractivity contribution in [2.45, 2.75) is 13.8 Å². The maximum absolute atomic E-state index is 11.2. The topological polar surface area (TPSA) is 116 Å². The van der Waals surface area contributed by atoms with Gasteiger partial charge in [0.2, 0.25) is 0 Å². The summed E-state index contributed by atoms with van der Waals surface area (Å²) in [6.07, 6.45) is 1.56. The molecule has 0 spiro atoms. The lowest BCUT2D eigenvalue weighted by Crippen LogP contribution is -2.01. The van der Waals surface area contributed by atoms with E-state index < -0.39 is 15.5 Å². The quantitative estimate of drug-likeness (QED) is 0.313. The number of nitro groups is 2. The average molecular weight is 458 g/mol. The highest BCUT2D eigenvalue weighted by Crippen LogP contribution is 2.29. The molecule has 0 fully saturated rings. The summed E-state index contributed by atoms with van der Waals surface area (Å²) in [5.41, 5.74) is 5.65. The summed E-state index contributed by atoms with van der Waals surface area (Å²) < 4.78 is 3.02. The van der Waals surface area contributed by atoms with Crippen molar-refractivity contribution in [3.63, 3.8) is 0 Å². The predicted molar refractivity (Wildman–Crippen MR) is 114 cm³/mol. The third-order valence-corrected chi connectivity index (χ3v) is 5.01. The number of hydrogen-bond donors (Lipinski definition) is 1. The molecule has 148 valence electrons. The lowest BCUT2D eigenvalue weighted by Gasteiger charge is -2.11. The van der Waals surface area contributed by atoms with Crippen molar-refractivity contribution < 1.29 is 9.85 Å². The van der Waals surface area contributed by atoms with Crippen LogP contribution in [-0.2, 0) is 0 Å². The van der Waals surface area contributed by atoms with Gasteiger partial charge in [-0.1, -0.05) is 12.1 Å². The average Bonchev–Trinajstić information content (AvgIpc) is 2.95. The molecule has 0 amide bonds. The van der Waals surface area contributed by atoms with E-state index in [1.165, 1.54) is 12.1 Å². The Balaban J connectivity index is 1.89. The predicted octanol–water partition coefficient (Wildman–Crippen LogP) is 5.12. The van der Waals surface area contributed by atoms with Crippen LogP contribution in [0.4, 0.5) is 17.1 Å². The molecule has 29 heavy (non-hydrogen) atoms. The van der Waals surface area contributed by atoms with Gasteiger partial charge in [0.05, 0.1) is 27.8 Å². The number of anilines is 1. The molecule has 0 aliphatic heterocycles. The van der Waals surface area contributed by atoms with Crippen LogP contribution in [-0.4, -0.2) is 20.6 Å². The minimum atomic E-state index is -0.691. The van der Waals surface area contributed by atoms with Crippen LogP contribution < -0.4 is 5.43 Å². The number of halogens is 1. The van der Waals surface area contributed by atoms with Gasteiger partial charge in [0.1, 0.15) is 5.69 Å². The van der Waals surface area contributed by atoms with Gasteiger partial charge in [-0.2, -0.15) is 5.10 Å². The number of para-hydroxylation sites is 1. The van der Waals surface area contributed by atoms with Crippen molar-refractivity contribution in [2.75, 3.05) is 5.43 Å². The number of aryl methyl sites for hydroxylation is 1. The lowest BCUT2D eigenvalue weighted by molar-refractivity contribution is -0.393. The Hall–Kier alpha value is -3.53. The first-order valence-electron chi connectivity index (χ1n) is 8.45. The van der Waals surface area contributed by atoms with E-state index in [1.807, 2.05) is 44.2 Å². The smallest absolute Gasteiger partial charge is 0.301 e. The Bertz CT molecular complexity index is 1140. The van der Waals surface area contributed by atoms with Crippen LogP contribution in [0.15, 0.2) is 58.1 Å². The fraction of sp³-hybridized carbons (Fsp3) is 0.105. The Morgan fingerprint density at radius 1 is 1.07 bits per heavy atom. The SMILES string of the molecule is Cc1cc(/C=N/Nc2ccc([N+](=O)[O-])cc2[N+](=O)[O-])c(C)n1-c1ccccc1Br. The fourth-order valence-corrected chi connectivity index (χ4v) is 3.43. The molecule has 0 saturated heterocycles. The molecule has 10 heteroatoms. The number of non-ortho nitro benzene ring substituents is 1. The van der Waals surface area contributed by atoms with Crippen LogP contribution in [0, 0.1) is 34.1 Å². The zero-order valence-corrected chi connectivity index (χ0v) is 17.1. The maximum atomic E-state index is 11.2. The molecule has 3 rings (SSSR count). The van der Waals surface area contributed by atoms with Gasteiger partial charge >= 0.3 is 5.69 Å². The van der Waals surface area contributed by atoms with Gasteiger partial charge in [-0.05, 0) is 54.0 Å². The summed E-state index contributed by atoms with van der Waals surface area (Å²) in [5.74, 6) is 0. The number of rotatable bonds is 6. The number of aromatic nitrogens is 1. The molecule has 3 aromatic rings.